The smallest absolute Gasteiger partial charge is 0.296 e. The number of hydrogen-bond donors (Lipinski definition) is 2. The highest BCUT2D eigenvalue weighted by Gasteiger charge is 2.16. The Morgan fingerprint density at radius 2 is 2.22 bits per heavy atom. The largest absolute Gasteiger partial charge is 0.508 e. The molecule has 2 rings (SSSR count). The number of rotatable bonds is 3. The van der Waals surface area contributed by atoms with Gasteiger partial charge in [0.05, 0.1) is 16.6 Å². The van der Waals surface area contributed by atoms with E-state index >= 15 is 0 Å². The fourth-order valence-electron chi connectivity index (χ4n) is 1.39. The van der Waals surface area contributed by atoms with Gasteiger partial charge >= 0.3 is 0 Å². The maximum Gasteiger partial charge on any atom is 0.296 e. The number of aromatic hydroxyl groups is 1. The summed E-state index contributed by atoms with van der Waals surface area (Å²) in [5, 5.41) is 34.0. The molecule has 2 aromatic rings. The number of nitrogens with one attached hydrogen (secondary N) is 1. The van der Waals surface area contributed by atoms with E-state index < -0.39 is 4.92 Å². The molecule has 0 unspecified atom stereocenters. The second-order valence-electron chi connectivity index (χ2n) is 3.36. The van der Waals surface area contributed by atoms with E-state index in [0.717, 1.165) is 6.07 Å². The summed E-state index contributed by atoms with van der Waals surface area (Å²) < 4.78 is 0. The fraction of sp³-hybridized carbons (Fsp3) is 0. The quantitative estimate of drug-likeness (QED) is 0.502. The Morgan fingerprint density at radius 1 is 1.44 bits per heavy atom. The predicted molar refractivity (Wildman–Crippen MR) is 67.1 cm³/mol. The van der Waals surface area contributed by atoms with Crippen molar-refractivity contribution in [2.75, 3.05) is 5.32 Å². The van der Waals surface area contributed by atoms with Gasteiger partial charge in [-0.05, 0) is 23.6 Å². The molecule has 0 aliphatic rings. The molecule has 90 valence electrons. The van der Waals surface area contributed by atoms with Crippen molar-refractivity contribution in [1.82, 2.24) is 0 Å². The molecule has 0 saturated heterocycles. The Balaban J connectivity index is 2.41. The molecule has 0 amide bonds. The zero-order valence-corrected chi connectivity index (χ0v) is 9.77. The van der Waals surface area contributed by atoms with Crippen LogP contribution in [0.1, 0.15) is 5.56 Å². The van der Waals surface area contributed by atoms with Gasteiger partial charge in [-0.3, -0.25) is 10.1 Å². The lowest BCUT2D eigenvalue weighted by Gasteiger charge is -2.05. The van der Waals surface area contributed by atoms with E-state index in [2.05, 4.69) is 5.32 Å². The van der Waals surface area contributed by atoms with E-state index in [1.165, 1.54) is 23.5 Å². The number of nitriles is 1. The van der Waals surface area contributed by atoms with Crippen molar-refractivity contribution in [2.45, 2.75) is 0 Å². The summed E-state index contributed by atoms with van der Waals surface area (Å²) in [4.78, 5) is 10.3. The molecule has 0 radical (unpaired) electrons. The number of nitro groups is 1. The van der Waals surface area contributed by atoms with Gasteiger partial charge in [-0.25, -0.2) is 0 Å². The molecule has 0 atom stereocenters. The van der Waals surface area contributed by atoms with Gasteiger partial charge in [0, 0.05) is 0 Å². The monoisotopic (exact) mass is 261 g/mol. The molecule has 6 nitrogen and oxygen atoms in total. The van der Waals surface area contributed by atoms with E-state index in [4.69, 9.17) is 5.26 Å². The van der Waals surface area contributed by atoms with Gasteiger partial charge in [-0.15, -0.1) is 11.3 Å². The molecule has 0 spiro atoms. The molecular weight excluding hydrogens is 254 g/mol. The summed E-state index contributed by atoms with van der Waals surface area (Å²) in [5.41, 5.74) is 0.409. The lowest BCUT2D eigenvalue weighted by molar-refractivity contribution is -0.384. The van der Waals surface area contributed by atoms with Gasteiger partial charge in [0.15, 0.2) is 0 Å². The summed E-state index contributed by atoms with van der Waals surface area (Å²) >= 11 is 1.27. The van der Waals surface area contributed by atoms with E-state index in [1.807, 2.05) is 6.07 Å². The zero-order chi connectivity index (χ0) is 13.1. The van der Waals surface area contributed by atoms with Gasteiger partial charge < -0.3 is 10.4 Å². The van der Waals surface area contributed by atoms with Crippen LogP contribution in [0.5, 0.6) is 5.75 Å². The third-order valence-corrected chi connectivity index (χ3v) is 3.04. The van der Waals surface area contributed by atoms with Crippen molar-refractivity contribution in [3.05, 3.63) is 45.3 Å². The molecule has 1 heterocycles. The minimum absolute atomic E-state index is 0.182. The molecule has 7 heteroatoms. The third-order valence-electron chi connectivity index (χ3n) is 2.21. The number of nitro benzene ring substituents is 1. The summed E-state index contributed by atoms with van der Waals surface area (Å²) in [6.45, 7) is 0. The van der Waals surface area contributed by atoms with Gasteiger partial charge in [0.25, 0.3) is 5.69 Å². The number of hydrogen-bond acceptors (Lipinski definition) is 6. The van der Waals surface area contributed by atoms with Crippen molar-refractivity contribution in [2.24, 2.45) is 0 Å². The van der Waals surface area contributed by atoms with E-state index in [0.29, 0.717) is 10.6 Å². The standard InChI is InChI=1S/C11H7N3O3S/c12-6-7-3-4-18-11(7)13-9-2-1-8(15)5-10(9)14(16)17/h1-5,13,15H. The van der Waals surface area contributed by atoms with E-state index in [1.54, 1.807) is 11.4 Å². The molecule has 18 heavy (non-hydrogen) atoms. The second-order valence-corrected chi connectivity index (χ2v) is 4.27. The molecule has 0 saturated carbocycles. The number of benzene rings is 1. The summed E-state index contributed by atoms with van der Waals surface area (Å²) in [6.07, 6.45) is 0. The average molecular weight is 261 g/mol. The molecule has 1 aromatic heterocycles. The van der Waals surface area contributed by atoms with Crippen LogP contribution in [0.4, 0.5) is 16.4 Å². The molecular formula is C11H7N3O3S. The minimum atomic E-state index is -0.596. The normalized spacial score (nSPS) is 9.72. The van der Waals surface area contributed by atoms with Crippen molar-refractivity contribution in [1.29, 1.82) is 5.26 Å². The zero-order valence-electron chi connectivity index (χ0n) is 8.95. The van der Waals surface area contributed by atoms with Crippen molar-refractivity contribution < 1.29 is 10.0 Å². The van der Waals surface area contributed by atoms with Crippen LogP contribution in [0.3, 0.4) is 0 Å². The van der Waals surface area contributed by atoms with Crippen LogP contribution in [0.25, 0.3) is 0 Å². The van der Waals surface area contributed by atoms with Gasteiger partial charge in [0.2, 0.25) is 0 Å². The fourth-order valence-corrected chi connectivity index (χ4v) is 2.14. The Labute approximate surface area is 106 Å². The van der Waals surface area contributed by atoms with Crippen molar-refractivity contribution in [3.63, 3.8) is 0 Å². The number of phenolic OH excluding ortho intramolecular Hbond substituents is 1. The van der Waals surface area contributed by atoms with Gasteiger partial charge in [-0.2, -0.15) is 5.26 Å². The third kappa shape index (κ3) is 2.23. The molecule has 0 bridgehead atoms. The second kappa shape index (κ2) is 4.73. The van der Waals surface area contributed by atoms with Crippen LogP contribution < -0.4 is 5.32 Å². The van der Waals surface area contributed by atoms with Crippen LogP contribution in [-0.2, 0) is 0 Å². The SMILES string of the molecule is N#Cc1ccsc1Nc1ccc(O)cc1[N+](=O)[O-]. The highest BCUT2D eigenvalue weighted by Crippen LogP contribution is 2.33. The van der Waals surface area contributed by atoms with Gasteiger partial charge in [-0.1, -0.05) is 0 Å². The first-order chi connectivity index (χ1) is 8.61. The maximum absolute atomic E-state index is 10.8. The summed E-state index contributed by atoms with van der Waals surface area (Å²) in [7, 11) is 0. The highest BCUT2D eigenvalue weighted by atomic mass is 32.1. The highest BCUT2D eigenvalue weighted by molar-refractivity contribution is 7.14. The van der Waals surface area contributed by atoms with Crippen molar-refractivity contribution in [3.8, 4) is 11.8 Å². The molecule has 0 aliphatic heterocycles. The van der Waals surface area contributed by atoms with Gasteiger partial charge in [0.1, 0.15) is 22.5 Å². The molecule has 0 fully saturated rings. The number of anilines is 2. The first-order valence-corrected chi connectivity index (χ1v) is 5.72. The maximum atomic E-state index is 10.8. The van der Waals surface area contributed by atoms with Crippen LogP contribution >= 0.6 is 11.3 Å². The van der Waals surface area contributed by atoms with Crippen molar-refractivity contribution >= 4 is 27.7 Å². The molecule has 2 N–H and O–H groups in total. The number of nitrogens with zero attached hydrogens (tertiary/aromatic N) is 2. The van der Waals surface area contributed by atoms with E-state index in [9.17, 15) is 15.2 Å². The topological polar surface area (TPSA) is 99.2 Å². The van der Waals surface area contributed by atoms with Crippen LogP contribution in [0, 0.1) is 21.4 Å². The molecule has 1 aromatic carbocycles. The first kappa shape index (κ1) is 11.9. The number of phenols is 1. The summed E-state index contributed by atoms with van der Waals surface area (Å²) in [6, 6.07) is 7.41. The van der Waals surface area contributed by atoms with E-state index in [-0.39, 0.29) is 17.1 Å². The Hall–Kier alpha value is -2.59. The Bertz CT molecular complexity index is 645. The first-order valence-electron chi connectivity index (χ1n) is 4.84. The number of thiophene rings is 1. The lowest BCUT2D eigenvalue weighted by Crippen LogP contribution is -1.96. The lowest BCUT2D eigenvalue weighted by atomic mass is 10.2. The Morgan fingerprint density at radius 3 is 2.89 bits per heavy atom. The average Bonchev–Trinajstić information content (AvgIpc) is 2.78. The minimum Gasteiger partial charge on any atom is -0.508 e. The molecule has 0 aliphatic carbocycles. The van der Waals surface area contributed by atoms with Crippen LogP contribution in [0.2, 0.25) is 0 Å². The van der Waals surface area contributed by atoms with Crippen LogP contribution in [-0.4, -0.2) is 10.0 Å². The van der Waals surface area contributed by atoms with Crippen LogP contribution in [0.15, 0.2) is 29.6 Å². The Kier molecular flexibility index (Phi) is 3.12. The summed E-state index contributed by atoms with van der Waals surface area (Å²) in [5.74, 6) is -0.182. The predicted octanol–water partition coefficient (Wildman–Crippen LogP) is 2.98.